The maximum absolute atomic E-state index is 5.89. The molecule has 0 aliphatic carbocycles. The van der Waals surface area contributed by atoms with Gasteiger partial charge in [0.15, 0.2) is 0 Å². The molecule has 1 aromatic heterocycles. The molecule has 0 bridgehead atoms. The fraction of sp³-hybridized carbons (Fsp3) is 0.556. The quantitative estimate of drug-likeness (QED) is 0.779. The first-order valence-electron chi connectivity index (χ1n) is 4.38. The number of thiophene rings is 1. The third-order valence-corrected chi connectivity index (χ3v) is 3.84. The Morgan fingerprint density at radius 1 is 1.62 bits per heavy atom. The molecule has 0 amide bonds. The molecule has 72 valence electrons. The van der Waals surface area contributed by atoms with Crippen molar-refractivity contribution >= 4 is 22.9 Å². The van der Waals surface area contributed by atoms with Crippen LogP contribution in [0.1, 0.15) is 17.3 Å². The number of nitrogens with zero attached hydrogens (tertiary/aromatic N) is 1. The fourth-order valence-corrected chi connectivity index (χ4v) is 3.12. The first-order valence-corrected chi connectivity index (χ1v) is 5.57. The van der Waals surface area contributed by atoms with E-state index in [0.29, 0.717) is 12.1 Å². The van der Waals surface area contributed by atoms with E-state index in [1.165, 1.54) is 4.88 Å². The molecule has 2 unspecified atom stereocenters. The highest BCUT2D eigenvalue weighted by molar-refractivity contribution is 7.16. The molecule has 1 aromatic rings. The SMILES string of the molecule is CN1CC(N)CC1c1ccc(Cl)s1. The van der Waals surface area contributed by atoms with Gasteiger partial charge in [-0.3, -0.25) is 4.90 Å². The molecule has 0 aromatic carbocycles. The molecule has 1 aliphatic rings. The monoisotopic (exact) mass is 216 g/mol. The first-order chi connectivity index (χ1) is 6.16. The zero-order valence-corrected chi connectivity index (χ0v) is 9.11. The number of rotatable bonds is 1. The van der Waals surface area contributed by atoms with Crippen molar-refractivity contribution < 1.29 is 0 Å². The van der Waals surface area contributed by atoms with Crippen LogP contribution in [0.15, 0.2) is 12.1 Å². The minimum atomic E-state index is 0.316. The fourth-order valence-electron chi connectivity index (χ4n) is 1.88. The van der Waals surface area contributed by atoms with E-state index in [1.54, 1.807) is 11.3 Å². The van der Waals surface area contributed by atoms with Crippen LogP contribution in [0.5, 0.6) is 0 Å². The number of likely N-dealkylation sites (N-methyl/N-ethyl adjacent to an activating group) is 1. The summed E-state index contributed by atoms with van der Waals surface area (Å²) in [5, 5.41) is 0. The molecule has 1 saturated heterocycles. The zero-order chi connectivity index (χ0) is 9.42. The molecule has 2 heterocycles. The van der Waals surface area contributed by atoms with Crippen molar-refractivity contribution in [3.05, 3.63) is 21.3 Å². The summed E-state index contributed by atoms with van der Waals surface area (Å²) >= 11 is 7.55. The van der Waals surface area contributed by atoms with Crippen molar-refractivity contribution in [3.8, 4) is 0 Å². The molecule has 4 heteroatoms. The lowest BCUT2D eigenvalue weighted by atomic mass is 10.1. The van der Waals surface area contributed by atoms with Gasteiger partial charge in [0, 0.05) is 23.5 Å². The van der Waals surface area contributed by atoms with E-state index >= 15 is 0 Å². The maximum Gasteiger partial charge on any atom is 0.0931 e. The van der Waals surface area contributed by atoms with Crippen LogP contribution in [-0.2, 0) is 0 Å². The number of hydrogen-bond acceptors (Lipinski definition) is 3. The van der Waals surface area contributed by atoms with E-state index < -0.39 is 0 Å². The third kappa shape index (κ3) is 1.89. The summed E-state index contributed by atoms with van der Waals surface area (Å²) in [4.78, 5) is 3.63. The summed E-state index contributed by atoms with van der Waals surface area (Å²) in [7, 11) is 2.12. The molecule has 1 fully saturated rings. The van der Waals surface area contributed by atoms with Crippen LogP contribution >= 0.6 is 22.9 Å². The van der Waals surface area contributed by atoms with E-state index in [-0.39, 0.29) is 0 Å². The summed E-state index contributed by atoms with van der Waals surface area (Å²) in [5.74, 6) is 0. The van der Waals surface area contributed by atoms with Gasteiger partial charge in [-0.25, -0.2) is 0 Å². The van der Waals surface area contributed by atoms with E-state index in [1.807, 2.05) is 6.07 Å². The molecule has 2 atom stereocenters. The Morgan fingerprint density at radius 3 is 2.85 bits per heavy atom. The highest BCUT2D eigenvalue weighted by atomic mass is 35.5. The van der Waals surface area contributed by atoms with Gasteiger partial charge >= 0.3 is 0 Å². The molecule has 1 aliphatic heterocycles. The Bertz CT molecular complexity index is 300. The summed E-state index contributed by atoms with van der Waals surface area (Å²) in [5.41, 5.74) is 5.89. The van der Waals surface area contributed by atoms with Gasteiger partial charge < -0.3 is 5.73 Å². The van der Waals surface area contributed by atoms with E-state index in [9.17, 15) is 0 Å². The molecule has 2 N–H and O–H groups in total. The second kappa shape index (κ2) is 3.58. The maximum atomic E-state index is 5.89. The van der Waals surface area contributed by atoms with Crippen molar-refractivity contribution in [1.29, 1.82) is 0 Å². The van der Waals surface area contributed by atoms with Crippen LogP contribution in [0.3, 0.4) is 0 Å². The van der Waals surface area contributed by atoms with Gasteiger partial charge in [0.05, 0.1) is 4.34 Å². The topological polar surface area (TPSA) is 29.3 Å². The van der Waals surface area contributed by atoms with E-state index in [0.717, 1.165) is 17.3 Å². The lowest BCUT2D eigenvalue weighted by Crippen LogP contribution is -2.23. The lowest BCUT2D eigenvalue weighted by molar-refractivity contribution is 0.320. The number of halogens is 1. The Kier molecular flexibility index (Phi) is 2.60. The van der Waals surface area contributed by atoms with Crippen molar-refractivity contribution in [2.75, 3.05) is 13.6 Å². The number of likely N-dealkylation sites (tertiary alicyclic amines) is 1. The van der Waals surface area contributed by atoms with Gasteiger partial charge in [-0.2, -0.15) is 0 Å². The van der Waals surface area contributed by atoms with Gasteiger partial charge in [0.25, 0.3) is 0 Å². The van der Waals surface area contributed by atoms with Gasteiger partial charge in [-0.05, 0) is 25.6 Å². The summed E-state index contributed by atoms with van der Waals surface area (Å²) in [6, 6.07) is 4.86. The molecule has 13 heavy (non-hydrogen) atoms. The van der Waals surface area contributed by atoms with Gasteiger partial charge in [0.2, 0.25) is 0 Å². The average Bonchev–Trinajstić information content (AvgIpc) is 2.58. The van der Waals surface area contributed by atoms with Crippen molar-refractivity contribution in [1.82, 2.24) is 4.90 Å². The van der Waals surface area contributed by atoms with Crippen LogP contribution in [0, 0.1) is 0 Å². The molecular weight excluding hydrogens is 204 g/mol. The second-order valence-electron chi connectivity index (χ2n) is 3.59. The molecule has 0 saturated carbocycles. The second-order valence-corrected chi connectivity index (χ2v) is 5.34. The number of nitrogens with two attached hydrogens (primary N) is 1. The largest absolute Gasteiger partial charge is 0.326 e. The van der Waals surface area contributed by atoms with Gasteiger partial charge in [-0.15, -0.1) is 11.3 Å². The number of hydrogen-bond donors (Lipinski definition) is 1. The smallest absolute Gasteiger partial charge is 0.0931 e. The summed E-state index contributed by atoms with van der Waals surface area (Å²) in [6.45, 7) is 0.986. The van der Waals surface area contributed by atoms with Crippen LogP contribution in [0.2, 0.25) is 4.34 Å². The van der Waals surface area contributed by atoms with Crippen LogP contribution in [-0.4, -0.2) is 24.5 Å². The van der Waals surface area contributed by atoms with E-state index in [2.05, 4.69) is 18.0 Å². The molecule has 0 spiro atoms. The molecule has 2 rings (SSSR count). The van der Waals surface area contributed by atoms with Crippen molar-refractivity contribution in [2.45, 2.75) is 18.5 Å². The molecule has 0 radical (unpaired) electrons. The normalized spacial score (nSPS) is 29.8. The van der Waals surface area contributed by atoms with Crippen LogP contribution < -0.4 is 5.73 Å². The Balaban J connectivity index is 2.17. The predicted molar refractivity (Wildman–Crippen MR) is 57.3 cm³/mol. The predicted octanol–water partition coefficient (Wildman–Crippen LogP) is 2.11. The highest BCUT2D eigenvalue weighted by Crippen LogP contribution is 2.35. The van der Waals surface area contributed by atoms with Crippen LogP contribution in [0.25, 0.3) is 0 Å². The summed E-state index contributed by atoms with van der Waals surface area (Å²) in [6.07, 6.45) is 1.05. The molecule has 2 nitrogen and oxygen atoms in total. The van der Waals surface area contributed by atoms with E-state index in [4.69, 9.17) is 17.3 Å². The average molecular weight is 217 g/mol. The van der Waals surface area contributed by atoms with Gasteiger partial charge in [-0.1, -0.05) is 11.6 Å². The van der Waals surface area contributed by atoms with Crippen LogP contribution in [0.4, 0.5) is 0 Å². The lowest BCUT2D eigenvalue weighted by Gasteiger charge is -2.16. The Morgan fingerprint density at radius 2 is 2.38 bits per heavy atom. The minimum absolute atomic E-state index is 0.316. The highest BCUT2D eigenvalue weighted by Gasteiger charge is 2.28. The van der Waals surface area contributed by atoms with Crippen molar-refractivity contribution in [2.24, 2.45) is 5.73 Å². The third-order valence-electron chi connectivity index (χ3n) is 2.50. The Labute approximate surface area is 87.3 Å². The standard InChI is InChI=1S/C9H13ClN2S/c1-12-5-6(11)4-7(12)8-2-3-9(10)13-8/h2-3,6-7H,4-5,11H2,1H3. The first kappa shape index (κ1) is 9.46. The Hall–Kier alpha value is -0.0900. The van der Waals surface area contributed by atoms with Gasteiger partial charge in [0.1, 0.15) is 0 Å². The van der Waals surface area contributed by atoms with Crippen molar-refractivity contribution in [3.63, 3.8) is 0 Å². The molecular formula is C9H13ClN2S. The minimum Gasteiger partial charge on any atom is -0.326 e. The zero-order valence-electron chi connectivity index (χ0n) is 7.53. The summed E-state index contributed by atoms with van der Waals surface area (Å²) < 4.78 is 0.865.